The molecule has 1 aromatic carbocycles. The summed E-state index contributed by atoms with van der Waals surface area (Å²) >= 11 is 1.95. The number of piperidine rings is 1. The third-order valence-electron chi connectivity index (χ3n) is 5.02. The Labute approximate surface area is 189 Å². The normalized spacial score (nSPS) is 18.8. The van der Waals surface area contributed by atoms with Crippen LogP contribution in [0.4, 0.5) is 4.79 Å². The van der Waals surface area contributed by atoms with Crippen molar-refractivity contribution in [3.63, 3.8) is 0 Å². The Morgan fingerprint density at radius 1 is 1.29 bits per heavy atom. The van der Waals surface area contributed by atoms with Crippen molar-refractivity contribution in [1.29, 1.82) is 0 Å². The van der Waals surface area contributed by atoms with E-state index in [-0.39, 0.29) is 34.8 Å². The van der Waals surface area contributed by atoms with E-state index in [0.29, 0.717) is 6.04 Å². The van der Waals surface area contributed by atoms with Gasteiger partial charge in [-0.3, -0.25) is 4.99 Å². The maximum absolute atomic E-state index is 11.6. The van der Waals surface area contributed by atoms with E-state index < -0.39 is 0 Å². The number of thioether (sulfide) groups is 1. The Hall–Kier alpha value is -1.16. The molecule has 1 aliphatic carbocycles. The number of methoxy groups -OCH3 is 1. The summed E-state index contributed by atoms with van der Waals surface area (Å²) in [4.78, 5) is 19.6. The maximum atomic E-state index is 11.6. The van der Waals surface area contributed by atoms with Gasteiger partial charge in [0.05, 0.1) is 13.7 Å². The molecule has 28 heavy (non-hydrogen) atoms. The fraction of sp³-hybridized carbons (Fsp3) is 0.600. The van der Waals surface area contributed by atoms with Crippen LogP contribution in [0.3, 0.4) is 0 Å². The number of carbonyl (C=O) groups is 1. The van der Waals surface area contributed by atoms with Gasteiger partial charge in [-0.2, -0.15) is 0 Å². The first-order valence-corrected chi connectivity index (χ1v) is 10.6. The first-order chi connectivity index (χ1) is 13.1. The standard InChI is InChI=1S/C20H30N4O2S.HI/c1-3-21-18(23-16-9-13-24(14-10-16)19(25)26-2)22-15-20(11-12-20)27-17-7-5-4-6-8-17;/h4-8,16H,3,9-15H2,1-2H3,(H2,21,22,23);1H. The van der Waals surface area contributed by atoms with Gasteiger partial charge in [0.25, 0.3) is 0 Å². The Bertz CT molecular complexity index is 647. The van der Waals surface area contributed by atoms with Crippen LogP contribution in [-0.2, 0) is 4.74 Å². The van der Waals surface area contributed by atoms with Crippen LogP contribution in [0.15, 0.2) is 40.2 Å². The summed E-state index contributed by atoms with van der Waals surface area (Å²) in [6.07, 6.45) is 4.01. The van der Waals surface area contributed by atoms with E-state index in [9.17, 15) is 4.79 Å². The van der Waals surface area contributed by atoms with Crippen molar-refractivity contribution in [2.24, 2.45) is 4.99 Å². The zero-order chi connectivity index (χ0) is 19.1. The lowest BCUT2D eigenvalue weighted by atomic mass is 10.1. The molecular formula is C20H31IN4O2S. The van der Waals surface area contributed by atoms with Gasteiger partial charge in [-0.1, -0.05) is 18.2 Å². The molecule has 156 valence electrons. The third-order valence-corrected chi connectivity index (χ3v) is 6.50. The second kappa shape index (κ2) is 11.1. The van der Waals surface area contributed by atoms with Crippen LogP contribution in [0.5, 0.6) is 0 Å². The Balaban J connectivity index is 0.00000280. The van der Waals surface area contributed by atoms with Crippen molar-refractivity contribution >= 4 is 47.8 Å². The van der Waals surface area contributed by atoms with E-state index >= 15 is 0 Å². The number of halogens is 1. The molecule has 0 aromatic heterocycles. The van der Waals surface area contributed by atoms with Gasteiger partial charge >= 0.3 is 6.09 Å². The molecule has 8 heteroatoms. The van der Waals surface area contributed by atoms with E-state index in [1.807, 2.05) is 11.8 Å². The number of rotatable bonds is 6. The lowest BCUT2D eigenvalue weighted by Gasteiger charge is -2.32. The van der Waals surface area contributed by atoms with Gasteiger partial charge in [0, 0.05) is 35.3 Å². The Morgan fingerprint density at radius 3 is 2.54 bits per heavy atom. The second-order valence-corrected chi connectivity index (χ2v) is 8.71. The lowest BCUT2D eigenvalue weighted by Crippen LogP contribution is -2.50. The Kier molecular flexibility index (Phi) is 9.20. The van der Waals surface area contributed by atoms with Crippen LogP contribution in [0, 0.1) is 0 Å². The molecule has 0 bridgehead atoms. The average Bonchev–Trinajstić information content (AvgIpc) is 3.46. The smallest absolute Gasteiger partial charge is 0.409 e. The zero-order valence-electron chi connectivity index (χ0n) is 16.6. The average molecular weight is 518 g/mol. The van der Waals surface area contributed by atoms with Gasteiger partial charge in [0.1, 0.15) is 0 Å². The fourth-order valence-corrected chi connectivity index (χ4v) is 4.47. The molecule has 2 fully saturated rings. The van der Waals surface area contributed by atoms with Gasteiger partial charge in [-0.05, 0) is 44.7 Å². The summed E-state index contributed by atoms with van der Waals surface area (Å²) in [6, 6.07) is 10.9. The number of amides is 1. The molecule has 1 saturated carbocycles. The maximum Gasteiger partial charge on any atom is 0.409 e. The first-order valence-electron chi connectivity index (χ1n) is 9.76. The summed E-state index contributed by atoms with van der Waals surface area (Å²) in [5.74, 6) is 0.883. The van der Waals surface area contributed by atoms with Crippen LogP contribution >= 0.6 is 35.7 Å². The monoisotopic (exact) mass is 518 g/mol. The molecule has 3 rings (SSSR count). The number of nitrogens with one attached hydrogen (secondary N) is 2. The van der Waals surface area contributed by atoms with Crippen molar-refractivity contribution < 1.29 is 9.53 Å². The van der Waals surface area contributed by atoms with E-state index in [2.05, 4.69) is 47.9 Å². The number of aliphatic imine (C=N–C) groups is 1. The predicted molar refractivity (Wildman–Crippen MR) is 126 cm³/mol. The molecule has 1 aliphatic heterocycles. The minimum absolute atomic E-state index is 0. The predicted octanol–water partition coefficient (Wildman–Crippen LogP) is 3.72. The summed E-state index contributed by atoms with van der Waals surface area (Å²) in [7, 11) is 1.43. The Morgan fingerprint density at radius 2 is 1.96 bits per heavy atom. The van der Waals surface area contributed by atoms with E-state index in [0.717, 1.165) is 45.0 Å². The van der Waals surface area contributed by atoms with Crippen molar-refractivity contribution in [3.05, 3.63) is 30.3 Å². The molecule has 1 aromatic rings. The quantitative estimate of drug-likeness (QED) is 0.342. The van der Waals surface area contributed by atoms with Crippen molar-refractivity contribution in [1.82, 2.24) is 15.5 Å². The minimum atomic E-state index is -0.234. The van der Waals surface area contributed by atoms with E-state index in [1.165, 1.54) is 24.8 Å². The largest absolute Gasteiger partial charge is 0.453 e. The third kappa shape index (κ3) is 6.72. The van der Waals surface area contributed by atoms with Gasteiger partial charge < -0.3 is 20.3 Å². The molecule has 6 nitrogen and oxygen atoms in total. The zero-order valence-corrected chi connectivity index (χ0v) is 19.8. The van der Waals surface area contributed by atoms with Gasteiger partial charge in [-0.25, -0.2) is 4.79 Å². The highest BCUT2D eigenvalue weighted by molar-refractivity contribution is 14.0. The van der Waals surface area contributed by atoms with E-state index in [1.54, 1.807) is 4.90 Å². The van der Waals surface area contributed by atoms with Crippen molar-refractivity contribution in [3.8, 4) is 0 Å². The van der Waals surface area contributed by atoms with Crippen LogP contribution in [0.2, 0.25) is 0 Å². The number of ether oxygens (including phenoxy) is 1. The second-order valence-electron chi connectivity index (χ2n) is 7.17. The van der Waals surface area contributed by atoms with Crippen molar-refractivity contribution in [2.75, 3.05) is 33.3 Å². The summed E-state index contributed by atoms with van der Waals surface area (Å²) in [5, 5.41) is 6.91. The van der Waals surface area contributed by atoms with Crippen LogP contribution in [0.25, 0.3) is 0 Å². The molecule has 0 unspecified atom stereocenters. The molecular weight excluding hydrogens is 487 g/mol. The van der Waals surface area contributed by atoms with Crippen LogP contribution in [-0.4, -0.2) is 61.0 Å². The molecule has 1 saturated heterocycles. The van der Waals surface area contributed by atoms with E-state index in [4.69, 9.17) is 9.73 Å². The highest BCUT2D eigenvalue weighted by Crippen LogP contribution is 2.51. The number of benzene rings is 1. The number of carbonyl (C=O) groups excluding carboxylic acids is 1. The molecule has 1 amide bonds. The minimum Gasteiger partial charge on any atom is -0.453 e. The SMILES string of the molecule is CCNC(=NCC1(Sc2ccccc2)CC1)NC1CCN(C(=O)OC)CC1.I. The highest BCUT2D eigenvalue weighted by Gasteiger charge is 2.43. The molecule has 2 N–H and O–H groups in total. The number of nitrogens with zero attached hydrogens (tertiary/aromatic N) is 2. The number of likely N-dealkylation sites (tertiary alicyclic amines) is 1. The number of hydrogen-bond acceptors (Lipinski definition) is 4. The first kappa shape index (κ1) is 23.1. The molecule has 2 aliphatic rings. The van der Waals surface area contributed by atoms with Crippen LogP contribution in [0.1, 0.15) is 32.6 Å². The molecule has 0 spiro atoms. The topological polar surface area (TPSA) is 66.0 Å². The summed E-state index contributed by atoms with van der Waals surface area (Å²) in [5.41, 5.74) is 0. The van der Waals surface area contributed by atoms with Gasteiger partial charge in [-0.15, -0.1) is 35.7 Å². The lowest BCUT2D eigenvalue weighted by molar-refractivity contribution is 0.111. The van der Waals surface area contributed by atoms with Crippen LogP contribution < -0.4 is 10.6 Å². The summed E-state index contributed by atoms with van der Waals surface area (Å²) < 4.78 is 5.05. The van der Waals surface area contributed by atoms with Gasteiger partial charge in [0.2, 0.25) is 0 Å². The van der Waals surface area contributed by atoms with Gasteiger partial charge in [0.15, 0.2) is 5.96 Å². The molecule has 0 atom stereocenters. The molecule has 1 heterocycles. The fourth-order valence-electron chi connectivity index (χ4n) is 3.24. The number of hydrogen-bond donors (Lipinski definition) is 2. The van der Waals surface area contributed by atoms with Crippen molar-refractivity contribution in [2.45, 2.75) is 48.3 Å². The highest BCUT2D eigenvalue weighted by atomic mass is 127. The number of guanidine groups is 1. The summed E-state index contributed by atoms with van der Waals surface area (Å²) in [6.45, 7) is 5.19. The molecule has 0 radical (unpaired) electrons.